The number of hydrogen-bond acceptors (Lipinski definition) is 3. The van der Waals surface area contributed by atoms with E-state index in [0.717, 1.165) is 5.75 Å². The highest BCUT2D eigenvalue weighted by molar-refractivity contribution is 5.50. The van der Waals surface area contributed by atoms with Crippen molar-refractivity contribution in [2.45, 2.75) is 52.2 Å². The molecule has 1 aliphatic heterocycles. The molecule has 1 aromatic carbocycles. The van der Waals surface area contributed by atoms with Gasteiger partial charge < -0.3 is 9.57 Å². The summed E-state index contributed by atoms with van der Waals surface area (Å²) in [5, 5.41) is 0. The topological polar surface area (TPSA) is 30.5 Å². The molecule has 3 nitrogen and oxygen atoms in total. The van der Waals surface area contributed by atoms with Crippen LogP contribution in [-0.4, -0.2) is 13.2 Å². The lowest BCUT2D eigenvalue weighted by atomic mass is 9.84. The third-order valence-electron chi connectivity index (χ3n) is 3.52. The fourth-order valence-corrected chi connectivity index (χ4v) is 2.42. The highest BCUT2D eigenvalue weighted by Gasteiger charge is 2.33. The molecule has 2 unspecified atom stereocenters. The summed E-state index contributed by atoms with van der Waals surface area (Å²) in [6.45, 7) is 10.9. The van der Waals surface area contributed by atoms with Crippen LogP contribution in [-0.2, 0) is 10.3 Å². The van der Waals surface area contributed by atoms with Crippen LogP contribution >= 0.6 is 0 Å². The second-order valence-corrected chi connectivity index (χ2v) is 6.08. The Hall–Kier alpha value is -1.06. The number of nitrogens with one attached hydrogen (secondary N) is 1. The maximum Gasteiger partial charge on any atom is 0.127 e. The fraction of sp³-hybridized carbons (Fsp3) is 0.600. The quantitative estimate of drug-likeness (QED) is 0.816. The van der Waals surface area contributed by atoms with Crippen molar-refractivity contribution < 1.29 is 9.57 Å². The molecule has 18 heavy (non-hydrogen) atoms. The number of rotatable bonds is 2. The molecule has 0 aliphatic carbocycles. The van der Waals surface area contributed by atoms with Gasteiger partial charge >= 0.3 is 0 Å². The standard InChI is InChI=1S/C15H23NO2/c1-9-7-11(15(3,4)5)8-12-13(16-17-6)10(2)18-14(9)12/h7-8,10,13,16H,1-6H3. The summed E-state index contributed by atoms with van der Waals surface area (Å²) < 4.78 is 5.93. The molecule has 100 valence electrons. The van der Waals surface area contributed by atoms with Crippen molar-refractivity contribution in [2.75, 3.05) is 7.11 Å². The average Bonchev–Trinajstić information content (AvgIpc) is 2.56. The Balaban J connectivity index is 2.49. The summed E-state index contributed by atoms with van der Waals surface area (Å²) in [7, 11) is 1.64. The lowest BCUT2D eigenvalue weighted by Gasteiger charge is -2.21. The molecular formula is C15H23NO2. The van der Waals surface area contributed by atoms with E-state index in [2.05, 4.69) is 52.2 Å². The monoisotopic (exact) mass is 249 g/mol. The van der Waals surface area contributed by atoms with Gasteiger partial charge in [0.2, 0.25) is 0 Å². The average molecular weight is 249 g/mol. The summed E-state index contributed by atoms with van der Waals surface area (Å²) in [5.74, 6) is 1.00. The van der Waals surface area contributed by atoms with E-state index in [9.17, 15) is 0 Å². The van der Waals surface area contributed by atoms with Crippen molar-refractivity contribution in [3.05, 3.63) is 28.8 Å². The zero-order valence-electron chi connectivity index (χ0n) is 12.1. The molecule has 0 saturated heterocycles. The predicted molar refractivity (Wildman–Crippen MR) is 72.9 cm³/mol. The maximum absolute atomic E-state index is 5.93. The minimum Gasteiger partial charge on any atom is -0.488 e. The smallest absolute Gasteiger partial charge is 0.127 e. The van der Waals surface area contributed by atoms with Crippen LogP contribution in [0.25, 0.3) is 0 Å². The third-order valence-corrected chi connectivity index (χ3v) is 3.52. The Kier molecular flexibility index (Phi) is 3.39. The fourth-order valence-electron chi connectivity index (χ4n) is 2.42. The number of ether oxygens (including phenoxy) is 1. The van der Waals surface area contributed by atoms with Gasteiger partial charge in [-0.25, -0.2) is 0 Å². The zero-order chi connectivity index (χ0) is 13.5. The highest BCUT2D eigenvalue weighted by atomic mass is 16.6. The van der Waals surface area contributed by atoms with E-state index in [1.165, 1.54) is 16.7 Å². The lowest BCUT2D eigenvalue weighted by molar-refractivity contribution is 0.0338. The molecule has 1 aromatic rings. The van der Waals surface area contributed by atoms with Crippen LogP contribution in [0, 0.1) is 6.92 Å². The first-order chi connectivity index (χ1) is 8.34. The van der Waals surface area contributed by atoms with Crippen LogP contribution in [0.1, 0.15) is 50.4 Å². The summed E-state index contributed by atoms with van der Waals surface area (Å²) in [4.78, 5) is 5.09. The van der Waals surface area contributed by atoms with Gasteiger partial charge in [0, 0.05) is 5.56 Å². The first-order valence-electron chi connectivity index (χ1n) is 6.44. The van der Waals surface area contributed by atoms with Crippen LogP contribution in [0.15, 0.2) is 12.1 Å². The minimum atomic E-state index is 0.0915. The second-order valence-electron chi connectivity index (χ2n) is 6.08. The van der Waals surface area contributed by atoms with Gasteiger partial charge in [-0.05, 0) is 36.5 Å². The molecule has 0 fully saturated rings. The van der Waals surface area contributed by atoms with E-state index in [0.29, 0.717) is 0 Å². The van der Waals surface area contributed by atoms with Crippen LogP contribution in [0.4, 0.5) is 0 Å². The van der Waals surface area contributed by atoms with Crippen molar-refractivity contribution in [2.24, 2.45) is 0 Å². The van der Waals surface area contributed by atoms with Crippen molar-refractivity contribution >= 4 is 0 Å². The predicted octanol–water partition coefficient (Wildman–Crippen LogP) is 3.27. The summed E-state index contributed by atoms with van der Waals surface area (Å²) in [5.41, 5.74) is 6.91. The van der Waals surface area contributed by atoms with Gasteiger partial charge in [-0.15, -0.1) is 0 Å². The number of aryl methyl sites for hydroxylation is 1. The SMILES string of the molecule is CONC1c2cc(C(C)(C)C)cc(C)c2OC1C. The molecule has 0 aromatic heterocycles. The van der Waals surface area contributed by atoms with Gasteiger partial charge in [-0.3, -0.25) is 0 Å². The Bertz CT molecular complexity index is 449. The molecule has 0 radical (unpaired) electrons. The van der Waals surface area contributed by atoms with Crippen molar-refractivity contribution in [1.29, 1.82) is 0 Å². The third kappa shape index (κ3) is 2.25. The van der Waals surface area contributed by atoms with Crippen molar-refractivity contribution in [3.8, 4) is 5.75 Å². The molecule has 0 bridgehead atoms. The van der Waals surface area contributed by atoms with E-state index < -0.39 is 0 Å². The van der Waals surface area contributed by atoms with E-state index >= 15 is 0 Å². The van der Waals surface area contributed by atoms with Gasteiger partial charge in [0.05, 0.1) is 13.2 Å². The van der Waals surface area contributed by atoms with Gasteiger partial charge in [0.1, 0.15) is 11.9 Å². The van der Waals surface area contributed by atoms with E-state index in [-0.39, 0.29) is 17.6 Å². The Morgan fingerprint density at radius 2 is 1.94 bits per heavy atom. The highest BCUT2D eigenvalue weighted by Crippen LogP contribution is 2.41. The molecule has 0 amide bonds. The van der Waals surface area contributed by atoms with Crippen molar-refractivity contribution in [3.63, 3.8) is 0 Å². The molecule has 1 aliphatic rings. The number of hydroxylamine groups is 1. The van der Waals surface area contributed by atoms with Crippen LogP contribution in [0.5, 0.6) is 5.75 Å². The number of hydrogen-bond donors (Lipinski definition) is 1. The van der Waals surface area contributed by atoms with E-state index in [1.807, 2.05) is 0 Å². The Morgan fingerprint density at radius 3 is 2.50 bits per heavy atom. The van der Waals surface area contributed by atoms with Gasteiger partial charge in [0.25, 0.3) is 0 Å². The molecule has 1 N–H and O–H groups in total. The van der Waals surface area contributed by atoms with Gasteiger partial charge in [0.15, 0.2) is 0 Å². The second kappa shape index (κ2) is 4.56. The summed E-state index contributed by atoms with van der Waals surface area (Å²) >= 11 is 0. The molecule has 1 heterocycles. The Labute approximate surface area is 109 Å². The van der Waals surface area contributed by atoms with Crippen LogP contribution < -0.4 is 10.2 Å². The molecule has 3 heteroatoms. The first-order valence-corrected chi connectivity index (χ1v) is 6.44. The first kappa shape index (κ1) is 13.4. The molecular weight excluding hydrogens is 226 g/mol. The molecule has 2 atom stereocenters. The molecule has 0 saturated carbocycles. The lowest BCUT2D eigenvalue weighted by Crippen LogP contribution is -2.28. The zero-order valence-corrected chi connectivity index (χ0v) is 12.1. The van der Waals surface area contributed by atoms with E-state index in [4.69, 9.17) is 9.57 Å². The molecule has 2 rings (SSSR count). The Morgan fingerprint density at radius 1 is 1.28 bits per heavy atom. The number of fused-ring (bicyclic) bond motifs is 1. The molecule has 0 spiro atoms. The summed E-state index contributed by atoms with van der Waals surface area (Å²) in [6, 6.07) is 4.56. The van der Waals surface area contributed by atoms with Crippen molar-refractivity contribution in [1.82, 2.24) is 5.48 Å². The minimum absolute atomic E-state index is 0.0915. The van der Waals surface area contributed by atoms with Crippen LogP contribution in [0.3, 0.4) is 0 Å². The number of benzene rings is 1. The maximum atomic E-state index is 5.93. The van der Waals surface area contributed by atoms with Crippen LogP contribution in [0.2, 0.25) is 0 Å². The van der Waals surface area contributed by atoms with Gasteiger partial charge in [-0.2, -0.15) is 5.48 Å². The largest absolute Gasteiger partial charge is 0.488 e. The van der Waals surface area contributed by atoms with Gasteiger partial charge in [-0.1, -0.05) is 26.8 Å². The van der Waals surface area contributed by atoms with E-state index in [1.54, 1.807) is 7.11 Å². The normalized spacial score (nSPS) is 22.8. The summed E-state index contributed by atoms with van der Waals surface area (Å²) in [6.07, 6.45) is 0.0915.